The van der Waals surface area contributed by atoms with Crippen LogP contribution in [0, 0.1) is 12.7 Å². The summed E-state index contributed by atoms with van der Waals surface area (Å²) < 4.78 is 13.3. The van der Waals surface area contributed by atoms with E-state index in [1.165, 1.54) is 27.5 Å². The molecule has 1 nitrogen and oxygen atoms in total. The molecule has 0 aliphatic carbocycles. The summed E-state index contributed by atoms with van der Waals surface area (Å²) in [5, 5.41) is 3.28. The Balaban J connectivity index is 1.70. The molecule has 0 fully saturated rings. The number of aryl methyl sites for hydroxylation is 1. The van der Waals surface area contributed by atoms with E-state index >= 15 is 0 Å². The maximum atomic E-state index is 13.3. The molecule has 0 spiro atoms. The van der Waals surface area contributed by atoms with Gasteiger partial charge in [0.1, 0.15) is 5.82 Å². The summed E-state index contributed by atoms with van der Waals surface area (Å²) in [5.74, 6) is -0.200. The predicted octanol–water partition coefficient (Wildman–Crippen LogP) is 5.47. The fourth-order valence-corrected chi connectivity index (χ4v) is 3.21. The highest BCUT2D eigenvalue weighted by Crippen LogP contribution is 2.28. The van der Waals surface area contributed by atoms with Gasteiger partial charge in [-0.25, -0.2) is 4.39 Å². The Morgan fingerprint density at radius 1 is 1.00 bits per heavy atom. The summed E-state index contributed by atoms with van der Waals surface area (Å²) in [5.41, 5.74) is 2.98. The zero-order valence-corrected chi connectivity index (χ0v) is 12.6. The maximum Gasteiger partial charge on any atom is 0.125 e. The second kappa shape index (κ2) is 6.10. The largest absolute Gasteiger partial charge is 0.380 e. The predicted molar refractivity (Wildman–Crippen MR) is 88.2 cm³/mol. The van der Waals surface area contributed by atoms with Gasteiger partial charge in [-0.05, 0) is 48.4 Å². The zero-order valence-electron chi connectivity index (χ0n) is 11.8. The Hall–Kier alpha value is -2.13. The topological polar surface area (TPSA) is 12.0 Å². The van der Waals surface area contributed by atoms with Crippen LogP contribution in [0.3, 0.4) is 0 Å². The first-order chi connectivity index (χ1) is 10.2. The van der Waals surface area contributed by atoms with E-state index in [0.717, 1.165) is 11.3 Å². The van der Waals surface area contributed by atoms with E-state index in [2.05, 4.69) is 29.6 Å². The first kappa shape index (κ1) is 13.8. The van der Waals surface area contributed by atoms with Crippen molar-refractivity contribution in [3.05, 3.63) is 76.9 Å². The monoisotopic (exact) mass is 297 g/mol. The molecule has 0 aliphatic heterocycles. The Morgan fingerprint density at radius 3 is 2.57 bits per heavy atom. The van der Waals surface area contributed by atoms with Crippen LogP contribution in [0.5, 0.6) is 0 Å². The minimum Gasteiger partial charge on any atom is -0.380 e. The molecule has 3 heteroatoms. The van der Waals surface area contributed by atoms with Crippen molar-refractivity contribution in [3.63, 3.8) is 0 Å². The fraction of sp³-hybridized carbons (Fsp3) is 0.111. The van der Waals surface area contributed by atoms with Gasteiger partial charge in [-0.3, -0.25) is 0 Å². The molecule has 1 heterocycles. The van der Waals surface area contributed by atoms with Crippen molar-refractivity contribution in [2.45, 2.75) is 13.5 Å². The third-order valence-corrected chi connectivity index (χ3v) is 4.36. The van der Waals surface area contributed by atoms with Gasteiger partial charge in [-0.15, -0.1) is 11.3 Å². The van der Waals surface area contributed by atoms with Crippen LogP contribution in [-0.4, -0.2) is 0 Å². The molecule has 21 heavy (non-hydrogen) atoms. The normalized spacial score (nSPS) is 10.6. The SMILES string of the molecule is Cc1cc(F)cc(NCc2ccc(-c3ccccc3)s2)c1. The number of anilines is 1. The van der Waals surface area contributed by atoms with Gasteiger partial charge < -0.3 is 5.32 Å². The van der Waals surface area contributed by atoms with Crippen LogP contribution in [0.15, 0.2) is 60.7 Å². The highest BCUT2D eigenvalue weighted by molar-refractivity contribution is 7.15. The van der Waals surface area contributed by atoms with Crippen LogP contribution in [0.25, 0.3) is 10.4 Å². The minimum absolute atomic E-state index is 0.200. The van der Waals surface area contributed by atoms with E-state index in [1.807, 2.05) is 31.2 Å². The van der Waals surface area contributed by atoms with Crippen LogP contribution in [0.2, 0.25) is 0 Å². The molecule has 0 saturated heterocycles. The van der Waals surface area contributed by atoms with Crippen LogP contribution in [0.4, 0.5) is 10.1 Å². The average Bonchev–Trinajstić information content (AvgIpc) is 2.94. The van der Waals surface area contributed by atoms with Gasteiger partial charge in [-0.2, -0.15) is 0 Å². The summed E-state index contributed by atoms with van der Waals surface area (Å²) in [6.45, 7) is 2.60. The lowest BCUT2D eigenvalue weighted by Crippen LogP contribution is -1.98. The lowest BCUT2D eigenvalue weighted by atomic mass is 10.2. The number of hydrogen-bond acceptors (Lipinski definition) is 2. The van der Waals surface area contributed by atoms with E-state index in [0.29, 0.717) is 6.54 Å². The standard InChI is InChI=1S/C18H16FNS/c1-13-9-15(19)11-16(10-13)20-12-17-7-8-18(21-17)14-5-3-2-4-6-14/h2-11,20H,12H2,1H3. The molecule has 0 amide bonds. The Kier molecular flexibility index (Phi) is 4.02. The molecule has 3 rings (SSSR count). The van der Waals surface area contributed by atoms with Gasteiger partial charge >= 0.3 is 0 Å². The maximum absolute atomic E-state index is 13.3. The fourth-order valence-electron chi connectivity index (χ4n) is 2.26. The highest BCUT2D eigenvalue weighted by atomic mass is 32.1. The van der Waals surface area contributed by atoms with Gasteiger partial charge in [0, 0.05) is 22.0 Å². The van der Waals surface area contributed by atoms with Crippen molar-refractivity contribution in [2.24, 2.45) is 0 Å². The van der Waals surface area contributed by atoms with Crippen molar-refractivity contribution in [2.75, 3.05) is 5.32 Å². The number of benzene rings is 2. The van der Waals surface area contributed by atoms with Crippen molar-refractivity contribution in [1.82, 2.24) is 0 Å². The molecule has 0 unspecified atom stereocenters. The van der Waals surface area contributed by atoms with Crippen molar-refractivity contribution in [1.29, 1.82) is 0 Å². The highest BCUT2D eigenvalue weighted by Gasteiger charge is 2.03. The number of halogens is 1. The van der Waals surface area contributed by atoms with Crippen LogP contribution in [0.1, 0.15) is 10.4 Å². The molecule has 1 aromatic heterocycles. The zero-order chi connectivity index (χ0) is 14.7. The molecular weight excluding hydrogens is 281 g/mol. The van der Waals surface area contributed by atoms with Crippen LogP contribution >= 0.6 is 11.3 Å². The third kappa shape index (κ3) is 3.50. The van der Waals surface area contributed by atoms with Crippen molar-refractivity contribution >= 4 is 17.0 Å². The Labute approximate surface area is 128 Å². The molecular formula is C18H16FNS. The van der Waals surface area contributed by atoms with Gasteiger partial charge in [0.25, 0.3) is 0 Å². The Bertz CT molecular complexity index is 714. The van der Waals surface area contributed by atoms with Gasteiger partial charge in [0.05, 0.1) is 0 Å². The van der Waals surface area contributed by atoms with Gasteiger partial charge in [-0.1, -0.05) is 30.3 Å². The van der Waals surface area contributed by atoms with Crippen LogP contribution < -0.4 is 5.32 Å². The van der Waals surface area contributed by atoms with Crippen molar-refractivity contribution < 1.29 is 4.39 Å². The summed E-state index contributed by atoms with van der Waals surface area (Å²) in [6, 6.07) is 19.6. The Morgan fingerprint density at radius 2 is 1.81 bits per heavy atom. The summed E-state index contributed by atoms with van der Waals surface area (Å²) in [7, 11) is 0. The lowest BCUT2D eigenvalue weighted by Gasteiger charge is -2.06. The summed E-state index contributed by atoms with van der Waals surface area (Å²) in [6.07, 6.45) is 0. The first-order valence-corrected chi connectivity index (χ1v) is 7.67. The van der Waals surface area contributed by atoms with E-state index in [4.69, 9.17) is 0 Å². The second-order valence-corrected chi connectivity index (χ2v) is 6.17. The smallest absolute Gasteiger partial charge is 0.125 e. The summed E-state index contributed by atoms with van der Waals surface area (Å²) in [4.78, 5) is 2.48. The molecule has 106 valence electrons. The molecule has 0 aliphatic rings. The second-order valence-electron chi connectivity index (χ2n) is 5.00. The molecule has 2 aromatic carbocycles. The van der Waals surface area contributed by atoms with Gasteiger partial charge in [0.2, 0.25) is 0 Å². The number of nitrogens with one attached hydrogen (secondary N) is 1. The first-order valence-electron chi connectivity index (χ1n) is 6.86. The third-order valence-electron chi connectivity index (χ3n) is 3.23. The molecule has 0 radical (unpaired) electrons. The average molecular weight is 297 g/mol. The molecule has 0 atom stereocenters. The van der Waals surface area contributed by atoms with Crippen LogP contribution in [-0.2, 0) is 6.54 Å². The number of rotatable bonds is 4. The minimum atomic E-state index is -0.200. The molecule has 1 N–H and O–H groups in total. The lowest BCUT2D eigenvalue weighted by molar-refractivity contribution is 0.627. The number of thiophene rings is 1. The van der Waals surface area contributed by atoms with E-state index in [1.54, 1.807) is 11.3 Å². The molecule has 0 saturated carbocycles. The summed E-state index contributed by atoms with van der Waals surface area (Å²) >= 11 is 1.76. The van der Waals surface area contributed by atoms with Crippen molar-refractivity contribution in [3.8, 4) is 10.4 Å². The molecule has 0 bridgehead atoms. The molecule has 3 aromatic rings. The van der Waals surface area contributed by atoms with Gasteiger partial charge in [0.15, 0.2) is 0 Å². The van der Waals surface area contributed by atoms with E-state index in [-0.39, 0.29) is 5.82 Å². The van der Waals surface area contributed by atoms with E-state index in [9.17, 15) is 4.39 Å². The number of hydrogen-bond donors (Lipinski definition) is 1. The quantitative estimate of drug-likeness (QED) is 0.673. The van der Waals surface area contributed by atoms with E-state index < -0.39 is 0 Å².